The van der Waals surface area contributed by atoms with Crippen LogP contribution in [0.15, 0.2) is 66.7 Å². The average Bonchev–Trinajstić information content (AvgIpc) is 3.10. The first-order valence-electron chi connectivity index (χ1n) is 12.5. The number of benzene rings is 3. The first-order chi connectivity index (χ1) is 16.8. The van der Waals surface area contributed by atoms with Crippen LogP contribution < -0.4 is 10.6 Å². The topological polar surface area (TPSA) is 61.4 Å². The van der Waals surface area contributed by atoms with Crippen molar-refractivity contribution in [2.24, 2.45) is 0 Å². The van der Waals surface area contributed by atoms with Crippen molar-refractivity contribution < 1.29 is 9.59 Å². The molecule has 3 aromatic rings. The molecule has 1 aliphatic heterocycles. The molecular weight excluding hydrogens is 434 g/mol. The minimum Gasteiger partial charge on any atom is -0.361 e. The maximum absolute atomic E-state index is 13.3. The maximum atomic E-state index is 13.3. The Kier molecular flexibility index (Phi) is 7.25. The number of nitrogens with zero attached hydrogens (tertiary/aromatic N) is 1. The summed E-state index contributed by atoms with van der Waals surface area (Å²) in [5.74, 6) is 0.630. The summed E-state index contributed by atoms with van der Waals surface area (Å²) >= 11 is 0. The number of nitrogens with one attached hydrogen (secondary N) is 2. The molecule has 1 unspecified atom stereocenters. The first kappa shape index (κ1) is 24.5. The zero-order chi connectivity index (χ0) is 25.1. The highest BCUT2D eigenvalue weighted by atomic mass is 16.2. The summed E-state index contributed by atoms with van der Waals surface area (Å²) in [6.07, 6.45) is 0.590. The zero-order valence-corrected chi connectivity index (χ0v) is 21.3. The van der Waals surface area contributed by atoms with Gasteiger partial charge in [-0.3, -0.25) is 9.59 Å². The predicted octanol–water partition coefficient (Wildman–Crippen LogP) is 7.16. The average molecular weight is 470 g/mol. The molecule has 5 nitrogen and oxygen atoms in total. The van der Waals surface area contributed by atoms with E-state index in [0.717, 1.165) is 23.4 Å². The highest BCUT2D eigenvalue weighted by molar-refractivity contribution is 6.07. The molecule has 0 saturated carbocycles. The Hall–Kier alpha value is -3.60. The van der Waals surface area contributed by atoms with Gasteiger partial charge in [0, 0.05) is 34.6 Å². The number of fused-ring (bicyclic) bond motifs is 1. The molecule has 0 spiro atoms. The van der Waals surface area contributed by atoms with Crippen molar-refractivity contribution >= 4 is 23.2 Å². The fraction of sp³-hybridized carbons (Fsp3) is 0.333. The van der Waals surface area contributed by atoms with Crippen molar-refractivity contribution in [1.82, 2.24) is 4.90 Å². The minimum absolute atomic E-state index is 0.0471. The summed E-state index contributed by atoms with van der Waals surface area (Å²) < 4.78 is 0. The summed E-state index contributed by atoms with van der Waals surface area (Å²) in [4.78, 5) is 28.1. The molecule has 0 radical (unpaired) electrons. The standard InChI is InChI=1S/C30H35N3O2/c1-6-17-33-28(31-24-12-7-21(8-13-24)19(2)3)26-16-11-23(18-27(26)30(33)35)29(34)32-25-14-9-22(10-15-25)20(4)5/h7-16,18-20,28,31H,6,17H2,1-5H3,(H,32,34). The lowest BCUT2D eigenvalue weighted by Crippen LogP contribution is -2.32. The van der Waals surface area contributed by atoms with Crippen molar-refractivity contribution in [3.63, 3.8) is 0 Å². The van der Waals surface area contributed by atoms with Crippen LogP contribution in [0.5, 0.6) is 0 Å². The van der Waals surface area contributed by atoms with Gasteiger partial charge in [0.2, 0.25) is 0 Å². The quantitative estimate of drug-likeness (QED) is 0.368. The van der Waals surface area contributed by atoms with Crippen LogP contribution in [0.4, 0.5) is 11.4 Å². The lowest BCUT2D eigenvalue weighted by molar-refractivity contribution is 0.0743. The molecule has 1 aliphatic rings. The third kappa shape index (κ3) is 5.24. The van der Waals surface area contributed by atoms with Crippen LogP contribution in [-0.2, 0) is 0 Å². The van der Waals surface area contributed by atoms with Crippen molar-refractivity contribution in [3.8, 4) is 0 Å². The van der Waals surface area contributed by atoms with Crippen LogP contribution in [0.2, 0.25) is 0 Å². The molecule has 0 saturated heterocycles. The minimum atomic E-state index is -0.261. The lowest BCUT2D eigenvalue weighted by atomic mass is 10.0. The van der Waals surface area contributed by atoms with Gasteiger partial charge in [-0.15, -0.1) is 0 Å². The van der Waals surface area contributed by atoms with Gasteiger partial charge in [0.05, 0.1) is 0 Å². The number of carbonyl (C=O) groups excluding carboxylic acids is 2. The number of hydrogen-bond acceptors (Lipinski definition) is 3. The monoisotopic (exact) mass is 469 g/mol. The lowest BCUT2D eigenvalue weighted by Gasteiger charge is -2.27. The van der Waals surface area contributed by atoms with Crippen molar-refractivity contribution in [1.29, 1.82) is 0 Å². The van der Waals surface area contributed by atoms with Crippen molar-refractivity contribution in [3.05, 3.63) is 94.5 Å². The van der Waals surface area contributed by atoms with E-state index in [-0.39, 0.29) is 18.0 Å². The van der Waals surface area contributed by atoms with E-state index in [1.807, 2.05) is 35.2 Å². The van der Waals surface area contributed by atoms with Gasteiger partial charge < -0.3 is 15.5 Å². The van der Waals surface area contributed by atoms with Gasteiger partial charge in [-0.2, -0.15) is 0 Å². The zero-order valence-electron chi connectivity index (χ0n) is 21.3. The molecule has 4 rings (SSSR count). The van der Waals surface area contributed by atoms with E-state index in [1.165, 1.54) is 11.1 Å². The Bertz CT molecular complexity index is 1200. The molecule has 1 atom stereocenters. The Balaban J connectivity index is 1.56. The second-order valence-electron chi connectivity index (χ2n) is 9.85. The second kappa shape index (κ2) is 10.3. The molecule has 35 heavy (non-hydrogen) atoms. The van der Waals surface area contributed by atoms with Crippen LogP contribution in [0, 0.1) is 0 Å². The van der Waals surface area contributed by atoms with E-state index in [4.69, 9.17) is 0 Å². The van der Waals surface area contributed by atoms with E-state index in [0.29, 0.717) is 29.5 Å². The Morgan fingerprint density at radius 3 is 1.97 bits per heavy atom. The van der Waals surface area contributed by atoms with E-state index in [2.05, 4.69) is 69.5 Å². The normalized spacial score (nSPS) is 15.0. The fourth-order valence-electron chi connectivity index (χ4n) is 4.46. The second-order valence-corrected chi connectivity index (χ2v) is 9.85. The van der Waals surface area contributed by atoms with Crippen LogP contribution in [0.3, 0.4) is 0 Å². The highest BCUT2D eigenvalue weighted by Gasteiger charge is 2.36. The van der Waals surface area contributed by atoms with Gasteiger partial charge in [0.1, 0.15) is 6.17 Å². The Labute approximate surface area is 208 Å². The van der Waals surface area contributed by atoms with Gasteiger partial charge >= 0.3 is 0 Å². The van der Waals surface area contributed by atoms with Crippen LogP contribution >= 0.6 is 0 Å². The van der Waals surface area contributed by atoms with E-state index in [9.17, 15) is 9.59 Å². The number of rotatable bonds is 8. The number of hydrogen-bond donors (Lipinski definition) is 2. The molecule has 0 aliphatic carbocycles. The highest BCUT2D eigenvalue weighted by Crippen LogP contribution is 2.35. The molecule has 0 aromatic heterocycles. The molecule has 5 heteroatoms. The number of carbonyl (C=O) groups is 2. The SMILES string of the molecule is CCCN1C(=O)c2cc(C(=O)Nc3ccc(C(C)C)cc3)ccc2C1Nc1ccc(C(C)C)cc1. The molecule has 0 fully saturated rings. The molecule has 182 valence electrons. The number of anilines is 2. The summed E-state index contributed by atoms with van der Waals surface area (Å²) in [5.41, 5.74) is 6.16. The third-order valence-electron chi connectivity index (χ3n) is 6.59. The predicted molar refractivity (Wildman–Crippen MR) is 143 cm³/mol. The van der Waals surface area contributed by atoms with Gasteiger partial charge in [-0.05, 0) is 65.8 Å². The summed E-state index contributed by atoms with van der Waals surface area (Å²) in [7, 11) is 0. The van der Waals surface area contributed by atoms with Gasteiger partial charge in [0.25, 0.3) is 11.8 Å². The molecule has 3 aromatic carbocycles. The molecule has 2 N–H and O–H groups in total. The number of amides is 2. The molecule has 2 amide bonds. The Morgan fingerprint density at radius 1 is 0.857 bits per heavy atom. The molecule has 0 bridgehead atoms. The Morgan fingerprint density at radius 2 is 1.43 bits per heavy atom. The van der Waals surface area contributed by atoms with Gasteiger partial charge in [-0.25, -0.2) is 0 Å². The van der Waals surface area contributed by atoms with Gasteiger partial charge in [0.15, 0.2) is 0 Å². The van der Waals surface area contributed by atoms with E-state index < -0.39 is 0 Å². The van der Waals surface area contributed by atoms with Crippen molar-refractivity contribution in [2.75, 3.05) is 17.2 Å². The van der Waals surface area contributed by atoms with E-state index in [1.54, 1.807) is 12.1 Å². The summed E-state index contributed by atoms with van der Waals surface area (Å²) in [6.45, 7) is 11.3. The molecule has 1 heterocycles. The summed E-state index contributed by atoms with van der Waals surface area (Å²) in [5, 5.41) is 6.49. The van der Waals surface area contributed by atoms with Crippen LogP contribution in [0.25, 0.3) is 0 Å². The van der Waals surface area contributed by atoms with Crippen LogP contribution in [0.1, 0.15) is 96.4 Å². The fourth-order valence-corrected chi connectivity index (χ4v) is 4.46. The third-order valence-corrected chi connectivity index (χ3v) is 6.59. The first-order valence-corrected chi connectivity index (χ1v) is 12.5. The molecular formula is C30H35N3O2. The largest absolute Gasteiger partial charge is 0.361 e. The van der Waals surface area contributed by atoms with E-state index >= 15 is 0 Å². The maximum Gasteiger partial charge on any atom is 0.256 e. The summed E-state index contributed by atoms with van der Waals surface area (Å²) in [6, 6.07) is 21.7. The van der Waals surface area contributed by atoms with Gasteiger partial charge in [-0.1, -0.05) is 65.0 Å². The van der Waals surface area contributed by atoms with Crippen molar-refractivity contribution in [2.45, 2.75) is 59.0 Å². The van der Waals surface area contributed by atoms with Crippen LogP contribution in [-0.4, -0.2) is 23.3 Å². The smallest absolute Gasteiger partial charge is 0.256 e.